The SMILES string of the molecule is Cc1nc(-c2ccccn2)nc(O)c1C(=O)NN. The first-order valence-electron chi connectivity index (χ1n) is 5.13. The van der Waals surface area contributed by atoms with Crippen molar-refractivity contribution in [3.05, 3.63) is 35.7 Å². The maximum atomic E-state index is 11.4. The van der Waals surface area contributed by atoms with E-state index in [0.29, 0.717) is 11.4 Å². The summed E-state index contributed by atoms with van der Waals surface area (Å²) in [6, 6.07) is 5.24. The minimum absolute atomic E-state index is 0.0443. The van der Waals surface area contributed by atoms with Crippen molar-refractivity contribution >= 4 is 5.91 Å². The summed E-state index contributed by atoms with van der Waals surface area (Å²) in [6.07, 6.45) is 1.59. The van der Waals surface area contributed by atoms with Crippen LogP contribution in [-0.2, 0) is 0 Å². The van der Waals surface area contributed by atoms with Crippen molar-refractivity contribution in [2.24, 2.45) is 5.84 Å². The average molecular weight is 245 g/mol. The minimum atomic E-state index is -0.641. The number of carbonyl (C=O) groups excluding carboxylic acids is 1. The highest BCUT2D eigenvalue weighted by atomic mass is 16.3. The molecule has 7 heteroatoms. The number of carbonyl (C=O) groups is 1. The second-order valence-corrected chi connectivity index (χ2v) is 3.52. The fourth-order valence-electron chi connectivity index (χ4n) is 1.51. The topological polar surface area (TPSA) is 114 Å². The zero-order chi connectivity index (χ0) is 13.1. The number of aromatic hydroxyl groups is 1. The van der Waals surface area contributed by atoms with Crippen LogP contribution in [-0.4, -0.2) is 26.0 Å². The number of amides is 1. The number of nitrogens with one attached hydrogen (secondary N) is 1. The number of rotatable bonds is 2. The van der Waals surface area contributed by atoms with Crippen LogP contribution in [0, 0.1) is 6.92 Å². The molecule has 0 saturated carbocycles. The maximum Gasteiger partial charge on any atom is 0.272 e. The number of aromatic nitrogens is 3. The molecule has 0 aliphatic heterocycles. The lowest BCUT2D eigenvalue weighted by atomic mass is 10.2. The molecular weight excluding hydrogens is 234 g/mol. The van der Waals surface area contributed by atoms with Gasteiger partial charge in [0, 0.05) is 6.20 Å². The van der Waals surface area contributed by atoms with Gasteiger partial charge in [0.25, 0.3) is 5.91 Å². The van der Waals surface area contributed by atoms with Crippen molar-refractivity contribution in [1.82, 2.24) is 20.4 Å². The molecule has 2 rings (SSSR count). The quantitative estimate of drug-likeness (QED) is 0.394. The molecule has 0 aromatic carbocycles. The van der Waals surface area contributed by atoms with E-state index in [1.54, 1.807) is 31.3 Å². The molecule has 0 fully saturated rings. The lowest BCUT2D eigenvalue weighted by Gasteiger charge is -2.07. The highest BCUT2D eigenvalue weighted by Crippen LogP contribution is 2.21. The Morgan fingerprint density at radius 3 is 2.72 bits per heavy atom. The Morgan fingerprint density at radius 1 is 1.39 bits per heavy atom. The Bertz CT molecular complexity index is 562. The molecule has 0 aliphatic rings. The van der Waals surface area contributed by atoms with E-state index in [-0.39, 0.29) is 11.4 Å². The Labute approximate surface area is 103 Å². The Morgan fingerprint density at radius 2 is 2.17 bits per heavy atom. The predicted octanol–water partition coefficient (Wildman–Crippen LogP) is 0.156. The summed E-state index contributed by atoms with van der Waals surface area (Å²) in [5, 5.41) is 9.74. The van der Waals surface area contributed by atoms with E-state index in [4.69, 9.17) is 5.84 Å². The summed E-state index contributed by atoms with van der Waals surface area (Å²) < 4.78 is 0. The number of aryl methyl sites for hydroxylation is 1. The van der Waals surface area contributed by atoms with Crippen LogP contribution in [0.4, 0.5) is 0 Å². The number of hydrogen-bond donors (Lipinski definition) is 3. The van der Waals surface area contributed by atoms with Crippen LogP contribution in [0.15, 0.2) is 24.4 Å². The van der Waals surface area contributed by atoms with Gasteiger partial charge in [-0.2, -0.15) is 4.98 Å². The maximum absolute atomic E-state index is 11.4. The number of nitrogen functional groups attached to an aromatic ring is 1. The molecule has 0 aliphatic carbocycles. The molecule has 18 heavy (non-hydrogen) atoms. The monoisotopic (exact) mass is 245 g/mol. The number of hydrogen-bond acceptors (Lipinski definition) is 6. The first kappa shape index (κ1) is 11.9. The van der Waals surface area contributed by atoms with E-state index < -0.39 is 11.8 Å². The van der Waals surface area contributed by atoms with Gasteiger partial charge in [-0.1, -0.05) is 6.07 Å². The van der Waals surface area contributed by atoms with E-state index in [1.807, 2.05) is 5.43 Å². The molecule has 0 unspecified atom stereocenters. The molecule has 7 nitrogen and oxygen atoms in total. The van der Waals surface area contributed by atoms with Crippen LogP contribution >= 0.6 is 0 Å². The largest absolute Gasteiger partial charge is 0.493 e. The van der Waals surface area contributed by atoms with Gasteiger partial charge < -0.3 is 5.11 Å². The zero-order valence-corrected chi connectivity index (χ0v) is 9.58. The molecule has 2 heterocycles. The molecule has 2 aromatic rings. The first-order valence-corrected chi connectivity index (χ1v) is 5.13. The van der Waals surface area contributed by atoms with Crippen molar-refractivity contribution in [3.8, 4) is 17.4 Å². The third kappa shape index (κ3) is 2.11. The van der Waals surface area contributed by atoms with E-state index in [1.165, 1.54) is 0 Å². The van der Waals surface area contributed by atoms with E-state index >= 15 is 0 Å². The van der Waals surface area contributed by atoms with Crippen molar-refractivity contribution in [2.75, 3.05) is 0 Å². The van der Waals surface area contributed by atoms with E-state index in [2.05, 4.69) is 15.0 Å². The number of nitrogens with two attached hydrogens (primary N) is 1. The van der Waals surface area contributed by atoms with Gasteiger partial charge in [0.1, 0.15) is 11.3 Å². The Kier molecular flexibility index (Phi) is 3.16. The van der Waals surface area contributed by atoms with Crippen LogP contribution in [0.2, 0.25) is 0 Å². The van der Waals surface area contributed by atoms with Crippen molar-refractivity contribution in [3.63, 3.8) is 0 Å². The Balaban J connectivity index is 2.53. The molecule has 4 N–H and O–H groups in total. The first-order chi connectivity index (χ1) is 8.63. The van der Waals surface area contributed by atoms with Gasteiger partial charge in [0.05, 0.1) is 5.69 Å². The van der Waals surface area contributed by atoms with E-state index in [9.17, 15) is 9.90 Å². The summed E-state index contributed by atoms with van der Waals surface area (Å²) in [7, 11) is 0. The molecule has 0 spiro atoms. The average Bonchev–Trinajstić information content (AvgIpc) is 2.38. The number of hydrazine groups is 1. The smallest absolute Gasteiger partial charge is 0.272 e. The summed E-state index contributed by atoms with van der Waals surface area (Å²) >= 11 is 0. The summed E-state index contributed by atoms with van der Waals surface area (Å²) in [5.74, 6) is 4.20. The van der Waals surface area contributed by atoms with Crippen LogP contribution in [0.3, 0.4) is 0 Å². The van der Waals surface area contributed by atoms with Gasteiger partial charge in [0.2, 0.25) is 5.88 Å². The summed E-state index contributed by atoms with van der Waals surface area (Å²) in [5.41, 5.74) is 2.72. The number of pyridine rings is 1. The standard InChI is InChI=1S/C11H11N5O2/c1-6-8(11(18)16-12)10(17)15-9(14-6)7-4-2-3-5-13-7/h2-5H,12H2,1H3,(H,16,18)(H,14,15,17). The molecule has 2 aromatic heterocycles. The van der Waals surface area contributed by atoms with Gasteiger partial charge in [-0.3, -0.25) is 15.2 Å². The van der Waals surface area contributed by atoms with Gasteiger partial charge in [-0.05, 0) is 19.1 Å². The second-order valence-electron chi connectivity index (χ2n) is 3.52. The molecule has 0 radical (unpaired) electrons. The van der Waals surface area contributed by atoms with E-state index in [0.717, 1.165) is 0 Å². The molecule has 1 amide bonds. The third-order valence-corrected chi connectivity index (χ3v) is 2.32. The molecule has 92 valence electrons. The molecule has 0 bridgehead atoms. The highest BCUT2D eigenvalue weighted by Gasteiger charge is 2.18. The third-order valence-electron chi connectivity index (χ3n) is 2.32. The highest BCUT2D eigenvalue weighted by molar-refractivity contribution is 5.97. The second kappa shape index (κ2) is 4.76. The molecular formula is C11H11N5O2. The molecule has 0 atom stereocenters. The van der Waals surface area contributed by atoms with Crippen LogP contribution < -0.4 is 11.3 Å². The van der Waals surface area contributed by atoms with Crippen molar-refractivity contribution in [1.29, 1.82) is 0 Å². The number of nitrogens with zero attached hydrogens (tertiary/aromatic N) is 3. The minimum Gasteiger partial charge on any atom is -0.493 e. The summed E-state index contributed by atoms with van der Waals surface area (Å²) in [6.45, 7) is 1.58. The van der Waals surface area contributed by atoms with Crippen LogP contribution in [0.5, 0.6) is 5.88 Å². The van der Waals surface area contributed by atoms with Crippen molar-refractivity contribution < 1.29 is 9.90 Å². The predicted molar refractivity (Wildman–Crippen MR) is 63.3 cm³/mol. The fourth-order valence-corrected chi connectivity index (χ4v) is 1.51. The van der Waals surface area contributed by atoms with Gasteiger partial charge in [-0.15, -0.1) is 0 Å². The van der Waals surface area contributed by atoms with Gasteiger partial charge in [-0.25, -0.2) is 10.8 Å². The van der Waals surface area contributed by atoms with Crippen LogP contribution in [0.25, 0.3) is 11.5 Å². The Hall–Kier alpha value is -2.54. The zero-order valence-electron chi connectivity index (χ0n) is 9.58. The lowest BCUT2D eigenvalue weighted by Crippen LogP contribution is -2.31. The lowest BCUT2D eigenvalue weighted by molar-refractivity contribution is 0.0949. The van der Waals surface area contributed by atoms with Gasteiger partial charge in [0.15, 0.2) is 5.82 Å². The normalized spacial score (nSPS) is 10.1. The van der Waals surface area contributed by atoms with Gasteiger partial charge >= 0.3 is 0 Å². The fraction of sp³-hybridized carbons (Fsp3) is 0.0909. The van der Waals surface area contributed by atoms with Crippen molar-refractivity contribution in [2.45, 2.75) is 6.92 Å². The molecule has 0 saturated heterocycles. The summed E-state index contributed by atoms with van der Waals surface area (Å²) in [4.78, 5) is 23.4. The van der Waals surface area contributed by atoms with Crippen LogP contribution in [0.1, 0.15) is 16.1 Å².